The van der Waals surface area contributed by atoms with Gasteiger partial charge in [-0.25, -0.2) is 0 Å². The van der Waals surface area contributed by atoms with Crippen molar-refractivity contribution in [3.63, 3.8) is 0 Å². The maximum Gasteiger partial charge on any atom is 0.257 e. The van der Waals surface area contributed by atoms with Gasteiger partial charge in [-0.1, -0.05) is 32.7 Å². The minimum absolute atomic E-state index is 0.311. The molecule has 0 spiro atoms. The van der Waals surface area contributed by atoms with Crippen molar-refractivity contribution in [1.29, 1.82) is 0 Å². The maximum atomic E-state index is 11.8. The Kier molecular flexibility index (Phi) is 3.26. The zero-order chi connectivity index (χ0) is 11.5. The van der Waals surface area contributed by atoms with Crippen LogP contribution in [0.25, 0.3) is 0 Å². The fourth-order valence-corrected chi connectivity index (χ4v) is 1.70. The highest BCUT2D eigenvalue weighted by Gasteiger charge is 2.11. The molecule has 2 rings (SSSR count). The van der Waals surface area contributed by atoms with Gasteiger partial charge in [-0.15, -0.1) is 0 Å². The molecule has 0 aliphatic heterocycles. The number of aromatic nitrogens is 1. The van der Waals surface area contributed by atoms with E-state index in [1.54, 1.807) is 18.2 Å². The van der Waals surface area contributed by atoms with E-state index in [1.807, 2.05) is 0 Å². The Morgan fingerprint density at radius 1 is 1.50 bits per heavy atom. The summed E-state index contributed by atoms with van der Waals surface area (Å²) >= 11 is 9.18. The van der Waals surface area contributed by atoms with Gasteiger partial charge in [-0.05, 0) is 18.2 Å². The van der Waals surface area contributed by atoms with Crippen molar-refractivity contribution in [3.05, 3.63) is 45.7 Å². The molecule has 0 saturated heterocycles. The Labute approximate surface area is 105 Å². The van der Waals surface area contributed by atoms with Gasteiger partial charge in [-0.3, -0.25) is 4.79 Å². The number of rotatable bonds is 2. The molecule has 0 fully saturated rings. The summed E-state index contributed by atoms with van der Waals surface area (Å²) in [5.74, 6) is -0.311. The molecular formula is C10H6BrClN2O2. The number of halogens is 2. The van der Waals surface area contributed by atoms with E-state index in [-0.39, 0.29) is 5.91 Å². The lowest BCUT2D eigenvalue weighted by molar-refractivity contribution is 0.102. The summed E-state index contributed by atoms with van der Waals surface area (Å²) in [6.07, 6.45) is 2.74. The van der Waals surface area contributed by atoms with Crippen LogP contribution >= 0.6 is 27.5 Å². The van der Waals surface area contributed by atoms with E-state index in [9.17, 15) is 4.79 Å². The second-order valence-electron chi connectivity index (χ2n) is 2.99. The van der Waals surface area contributed by atoms with Gasteiger partial charge in [0.05, 0.1) is 16.8 Å². The van der Waals surface area contributed by atoms with Crippen LogP contribution in [0.2, 0.25) is 5.02 Å². The molecule has 82 valence electrons. The predicted octanol–water partition coefficient (Wildman–Crippen LogP) is 3.34. The van der Waals surface area contributed by atoms with Crippen molar-refractivity contribution in [2.45, 2.75) is 0 Å². The number of amides is 1. The highest BCUT2D eigenvalue weighted by atomic mass is 79.9. The lowest BCUT2D eigenvalue weighted by Gasteiger charge is -2.04. The molecule has 0 saturated carbocycles. The molecule has 1 aromatic carbocycles. The van der Waals surface area contributed by atoms with Crippen molar-refractivity contribution in [3.8, 4) is 0 Å². The van der Waals surface area contributed by atoms with Crippen molar-refractivity contribution in [2.24, 2.45) is 0 Å². The molecule has 0 aliphatic carbocycles. The largest absolute Gasteiger partial charge is 0.363 e. The number of carbonyl (C=O) groups excluding carboxylic acids is 1. The van der Waals surface area contributed by atoms with Gasteiger partial charge >= 0.3 is 0 Å². The Balaban J connectivity index is 2.24. The molecule has 0 bridgehead atoms. The van der Waals surface area contributed by atoms with Gasteiger partial charge in [-0.2, -0.15) is 0 Å². The van der Waals surface area contributed by atoms with Crippen LogP contribution in [0.3, 0.4) is 0 Å². The van der Waals surface area contributed by atoms with Crippen molar-refractivity contribution in [1.82, 2.24) is 5.16 Å². The van der Waals surface area contributed by atoms with E-state index in [0.29, 0.717) is 16.3 Å². The van der Waals surface area contributed by atoms with Gasteiger partial charge in [0, 0.05) is 4.47 Å². The topological polar surface area (TPSA) is 55.1 Å². The Morgan fingerprint density at radius 2 is 2.31 bits per heavy atom. The molecule has 0 atom stereocenters. The Bertz CT molecular complexity index is 514. The molecule has 1 amide bonds. The van der Waals surface area contributed by atoms with Crippen molar-refractivity contribution < 1.29 is 9.32 Å². The fraction of sp³-hybridized carbons (Fsp3) is 0. The summed E-state index contributed by atoms with van der Waals surface area (Å²) < 4.78 is 5.38. The summed E-state index contributed by atoms with van der Waals surface area (Å²) in [6, 6.07) is 5.05. The van der Waals surface area contributed by atoms with Crippen LogP contribution in [0, 0.1) is 0 Å². The zero-order valence-electron chi connectivity index (χ0n) is 7.91. The number of anilines is 1. The van der Waals surface area contributed by atoms with Crippen LogP contribution in [0.4, 0.5) is 5.69 Å². The molecule has 1 aromatic heterocycles. The Hall–Kier alpha value is -1.33. The molecular weight excluding hydrogens is 295 g/mol. The zero-order valence-corrected chi connectivity index (χ0v) is 10.2. The first-order valence-electron chi connectivity index (χ1n) is 4.32. The van der Waals surface area contributed by atoms with Crippen molar-refractivity contribution in [2.75, 3.05) is 5.32 Å². The maximum absolute atomic E-state index is 11.8. The van der Waals surface area contributed by atoms with Crippen LogP contribution in [0.15, 0.2) is 39.7 Å². The van der Waals surface area contributed by atoms with Gasteiger partial charge in [0.25, 0.3) is 5.91 Å². The number of nitrogens with one attached hydrogen (secondary N) is 1. The summed E-state index contributed by atoms with van der Waals surface area (Å²) in [7, 11) is 0. The first-order chi connectivity index (χ1) is 7.66. The van der Waals surface area contributed by atoms with Crippen LogP contribution in [0.1, 0.15) is 10.4 Å². The first-order valence-corrected chi connectivity index (χ1v) is 5.49. The molecule has 0 unspecified atom stereocenters. The van der Waals surface area contributed by atoms with Gasteiger partial charge < -0.3 is 9.84 Å². The number of benzene rings is 1. The summed E-state index contributed by atoms with van der Waals surface area (Å²) in [4.78, 5) is 11.8. The lowest BCUT2D eigenvalue weighted by Crippen LogP contribution is -2.11. The number of hydrogen-bond acceptors (Lipinski definition) is 3. The normalized spacial score (nSPS) is 10.1. The number of nitrogens with zero attached hydrogens (tertiary/aromatic N) is 1. The van der Waals surface area contributed by atoms with Crippen LogP contribution in [0.5, 0.6) is 0 Å². The molecule has 16 heavy (non-hydrogen) atoms. The minimum Gasteiger partial charge on any atom is -0.363 e. The highest BCUT2D eigenvalue weighted by molar-refractivity contribution is 9.10. The number of hydrogen-bond donors (Lipinski definition) is 1. The molecule has 0 aliphatic rings. The molecule has 0 radical (unpaired) electrons. The molecule has 1 N–H and O–H groups in total. The second kappa shape index (κ2) is 4.67. The van der Waals surface area contributed by atoms with E-state index >= 15 is 0 Å². The first kappa shape index (κ1) is 11.2. The average Bonchev–Trinajstić information content (AvgIpc) is 2.74. The SMILES string of the molecule is O=C(Nc1cnoc1)c1cc(Br)ccc1Cl. The molecule has 6 heteroatoms. The third kappa shape index (κ3) is 2.43. The van der Waals surface area contributed by atoms with E-state index < -0.39 is 0 Å². The average molecular weight is 302 g/mol. The lowest BCUT2D eigenvalue weighted by atomic mass is 10.2. The van der Waals surface area contributed by atoms with E-state index in [1.165, 1.54) is 12.5 Å². The van der Waals surface area contributed by atoms with E-state index in [2.05, 4.69) is 30.9 Å². The van der Waals surface area contributed by atoms with Crippen LogP contribution in [-0.4, -0.2) is 11.1 Å². The standard InChI is InChI=1S/C10H6BrClN2O2/c11-6-1-2-9(12)8(3-6)10(15)14-7-4-13-16-5-7/h1-5H,(H,14,15). The summed E-state index contributed by atoms with van der Waals surface area (Å²) in [6.45, 7) is 0. The fourth-order valence-electron chi connectivity index (χ4n) is 1.14. The van der Waals surface area contributed by atoms with Gasteiger partial charge in [0.15, 0.2) is 0 Å². The highest BCUT2D eigenvalue weighted by Crippen LogP contribution is 2.22. The minimum atomic E-state index is -0.311. The summed E-state index contributed by atoms with van der Waals surface area (Å²) in [5, 5.41) is 6.47. The smallest absolute Gasteiger partial charge is 0.257 e. The quantitative estimate of drug-likeness (QED) is 0.925. The van der Waals surface area contributed by atoms with E-state index in [0.717, 1.165) is 4.47 Å². The van der Waals surface area contributed by atoms with E-state index in [4.69, 9.17) is 11.6 Å². The summed E-state index contributed by atoms with van der Waals surface area (Å²) in [5.41, 5.74) is 0.873. The Morgan fingerprint density at radius 3 is 3.00 bits per heavy atom. The van der Waals surface area contributed by atoms with Gasteiger partial charge in [0.1, 0.15) is 12.0 Å². The third-order valence-corrected chi connectivity index (χ3v) is 2.69. The molecule has 2 aromatic rings. The number of carbonyl (C=O) groups is 1. The predicted molar refractivity (Wildman–Crippen MR) is 63.6 cm³/mol. The molecule has 4 nitrogen and oxygen atoms in total. The van der Waals surface area contributed by atoms with Crippen molar-refractivity contribution >= 4 is 39.1 Å². The second-order valence-corrected chi connectivity index (χ2v) is 4.31. The van der Waals surface area contributed by atoms with Crippen LogP contribution in [-0.2, 0) is 0 Å². The monoisotopic (exact) mass is 300 g/mol. The third-order valence-electron chi connectivity index (χ3n) is 1.86. The van der Waals surface area contributed by atoms with Gasteiger partial charge in [0.2, 0.25) is 0 Å². The molecule has 1 heterocycles. The van der Waals surface area contributed by atoms with Crippen LogP contribution < -0.4 is 5.32 Å².